The third kappa shape index (κ3) is 6.74. The van der Waals surface area contributed by atoms with Crippen molar-refractivity contribution in [3.63, 3.8) is 0 Å². The second-order valence-corrected chi connectivity index (χ2v) is 4.81. The van der Waals surface area contributed by atoms with E-state index in [0.29, 0.717) is 12.5 Å². The van der Waals surface area contributed by atoms with Crippen molar-refractivity contribution < 1.29 is 9.84 Å². The van der Waals surface area contributed by atoms with E-state index in [4.69, 9.17) is 9.84 Å². The Morgan fingerprint density at radius 2 is 2.28 bits per heavy atom. The number of hydrogen-bond donors (Lipinski definition) is 2. The zero-order valence-corrected chi connectivity index (χ0v) is 11.4. The number of nitrogens with zero attached hydrogens (tertiary/aromatic N) is 2. The van der Waals surface area contributed by atoms with Crippen LogP contribution in [-0.2, 0) is 17.8 Å². The molecule has 0 aliphatic rings. The Morgan fingerprint density at radius 1 is 1.44 bits per heavy atom. The molecule has 0 aliphatic heterocycles. The van der Waals surface area contributed by atoms with Crippen LogP contribution < -0.4 is 5.32 Å². The summed E-state index contributed by atoms with van der Waals surface area (Å²) in [6, 6.07) is 0. The largest absolute Gasteiger partial charge is 0.394 e. The highest BCUT2D eigenvalue weighted by Gasteiger charge is 1.98. The molecule has 0 spiro atoms. The molecule has 5 nitrogen and oxygen atoms in total. The van der Waals surface area contributed by atoms with E-state index in [1.54, 1.807) is 4.68 Å². The number of hydrogen-bond acceptors (Lipinski definition) is 4. The van der Waals surface area contributed by atoms with Crippen LogP contribution in [0.5, 0.6) is 0 Å². The summed E-state index contributed by atoms with van der Waals surface area (Å²) in [7, 11) is 0. The topological polar surface area (TPSA) is 59.3 Å². The minimum absolute atomic E-state index is 0.123. The molecule has 0 saturated carbocycles. The van der Waals surface area contributed by atoms with Gasteiger partial charge in [-0.25, -0.2) is 0 Å². The molecule has 0 saturated heterocycles. The highest BCUT2D eigenvalue weighted by molar-refractivity contribution is 5.03. The molecule has 0 unspecified atom stereocenters. The number of aliphatic hydroxyl groups is 1. The SMILES string of the molecule is CC(C)CCOCCNCc1cnn(CCO)c1. The lowest BCUT2D eigenvalue weighted by Crippen LogP contribution is -2.19. The number of aromatic nitrogens is 2. The summed E-state index contributed by atoms with van der Waals surface area (Å²) >= 11 is 0. The molecule has 0 fully saturated rings. The van der Waals surface area contributed by atoms with Crippen molar-refractivity contribution in [2.45, 2.75) is 33.4 Å². The molecule has 0 bridgehead atoms. The summed E-state index contributed by atoms with van der Waals surface area (Å²) in [5, 5.41) is 16.2. The minimum atomic E-state index is 0.123. The van der Waals surface area contributed by atoms with E-state index in [1.165, 1.54) is 0 Å². The Hall–Kier alpha value is -0.910. The molecule has 0 amide bonds. The summed E-state index contributed by atoms with van der Waals surface area (Å²) in [6.45, 7) is 8.31. The van der Waals surface area contributed by atoms with E-state index in [-0.39, 0.29) is 6.61 Å². The average molecular weight is 255 g/mol. The van der Waals surface area contributed by atoms with E-state index in [2.05, 4.69) is 24.3 Å². The van der Waals surface area contributed by atoms with Crippen LogP contribution in [0.3, 0.4) is 0 Å². The van der Waals surface area contributed by atoms with Crippen molar-refractivity contribution >= 4 is 0 Å². The molecular formula is C13H25N3O2. The van der Waals surface area contributed by atoms with E-state index >= 15 is 0 Å². The fraction of sp³-hybridized carbons (Fsp3) is 0.769. The molecular weight excluding hydrogens is 230 g/mol. The van der Waals surface area contributed by atoms with E-state index < -0.39 is 0 Å². The van der Waals surface area contributed by atoms with Gasteiger partial charge in [0.05, 0.1) is 26.0 Å². The fourth-order valence-electron chi connectivity index (χ4n) is 1.52. The molecule has 1 aromatic rings. The molecule has 5 heteroatoms. The van der Waals surface area contributed by atoms with Crippen molar-refractivity contribution in [2.24, 2.45) is 5.92 Å². The highest BCUT2D eigenvalue weighted by Crippen LogP contribution is 1.99. The Morgan fingerprint density at radius 3 is 3.00 bits per heavy atom. The lowest BCUT2D eigenvalue weighted by Gasteiger charge is -2.06. The predicted molar refractivity (Wildman–Crippen MR) is 71.3 cm³/mol. The third-order valence-corrected chi connectivity index (χ3v) is 2.61. The van der Waals surface area contributed by atoms with Crippen LogP contribution in [0.15, 0.2) is 12.4 Å². The summed E-state index contributed by atoms with van der Waals surface area (Å²) in [4.78, 5) is 0. The Kier molecular flexibility index (Phi) is 7.64. The summed E-state index contributed by atoms with van der Waals surface area (Å²) in [5.41, 5.74) is 1.13. The second kappa shape index (κ2) is 9.08. The molecule has 0 radical (unpaired) electrons. The van der Waals surface area contributed by atoms with Gasteiger partial charge in [0.15, 0.2) is 0 Å². The van der Waals surface area contributed by atoms with Crippen LogP contribution in [0.4, 0.5) is 0 Å². The Bertz CT molecular complexity index is 313. The van der Waals surface area contributed by atoms with Gasteiger partial charge in [-0.15, -0.1) is 0 Å². The van der Waals surface area contributed by atoms with Crippen LogP contribution in [0.1, 0.15) is 25.8 Å². The summed E-state index contributed by atoms with van der Waals surface area (Å²) in [6.07, 6.45) is 4.89. The van der Waals surface area contributed by atoms with Crippen LogP contribution >= 0.6 is 0 Å². The highest BCUT2D eigenvalue weighted by atomic mass is 16.5. The first kappa shape index (κ1) is 15.1. The predicted octanol–water partition coefficient (Wildman–Crippen LogP) is 1.03. The van der Waals surface area contributed by atoms with E-state index in [0.717, 1.165) is 38.3 Å². The fourth-order valence-corrected chi connectivity index (χ4v) is 1.52. The van der Waals surface area contributed by atoms with Gasteiger partial charge in [0.2, 0.25) is 0 Å². The van der Waals surface area contributed by atoms with Gasteiger partial charge in [-0.3, -0.25) is 4.68 Å². The number of ether oxygens (including phenoxy) is 1. The van der Waals surface area contributed by atoms with Crippen molar-refractivity contribution in [2.75, 3.05) is 26.4 Å². The maximum Gasteiger partial charge on any atom is 0.0640 e. The molecule has 18 heavy (non-hydrogen) atoms. The van der Waals surface area contributed by atoms with Crippen molar-refractivity contribution in [1.29, 1.82) is 0 Å². The summed E-state index contributed by atoms with van der Waals surface area (Å²) < 4.78 is 7.26. The van der Waals surface area contributed by atoms with Crippen molar-refractivity contribution in [3.05, 3.63) is 18.0 Å². The first-order valence-electron chi connectivity index (χ1n) is 6.63. The van der Waals surface area contributed by atoms with Crippen LogP contribution in [0, 0.1) is 5.92 Å². The van der Waals surface area contributed by atoms with Crippen LogP contribution in [-0.4, -0.2) is 41.3 Å². The Balaban J connectivity index is 2.00. The van der Waals surface area contributed by atoms with Crippen molar-refractivity contribution in [3.8, 4) is 0 Å². The molecule has 1 aromatic heterocycles. The van der Waals surface area contributed by atoms with Gasteiger partial charge >= 0.3 is 0 Å². The zero-order chi connectivity index (χ0) is 13.2. The minimum Gasteiger partial charge on any atom is -0.394 e. The lowest BCUT2D eigenvalue weighted by molar-refractivity contribution is 0.125. The van der Waals surface area contributed by atoms with E-state index in [1.807, 2.05) is 12.4 Å². The maximum absolute atomic E-state index is 8.77. The molecule has 104 valence electrons. The van der Waals surface area contributed by atoms with E-state index in [9.17, 15) is 0 Å². The van der Waals surface area contributed by atoms with Gasteiger partial charge in [-0.05, 0) is 12.3 Å². The normalized spacial score (nSPS) is 11.3. The standard InChI is InChI=1S/C13H25N3O2/c1-12(2)3-7-18-8-4-14-9-13-10-15-16(11-13)5-6-17/h10-12,14,17H,3-9H2,1-2H3. The average Bonchev–Trinajstić information content (AvgIpc) is 2.76. The number of nitrogens with one attached hydrogen (secondary N) is 1. The first-order valence-corrected chi connectivity index (χ1v) is 6.63. The summed E-state index contributed by atoms with van der Waals surface area (Å²) in [5.74, 6) is 0.704. The van der Waals surface area contributed by atoms with Gasteiger partial charge in [-0.2, -0.15) is 5.10 Å². The molecule has 0 aromatic carbocycles. The number of rotatable bonds is 10. The smallest absolute Gasteiger partial charge is 0.0640 e. The molecule has 1 rings (SSSR count). The maximum atomic E-state index is 8.77. The number of aliphatic hydroxyl groups excluding tert-OH is 1. The third-order valence-electron chi connectivity index (χ3n) is 2.61. The monoisotopic (exact) mass is 255 g/mol. The van der Waals surface area contributed by atoms with Gasteiger partial charge in [0.1, 0.15) is 0 Å². The molecule has 0 atom stereocenters. The molecule has 1 heterocycles. The first-order chi connectivity index (χ1) is 8.72. The van der Waals surface area contributed by atoms with Gasteiger partial charge in [0.25, 0.3) is 0 Å². The van der Waals surface area contributed by atoms with Crippen molar-refractivity contribution in [1.82, 2.24) is 15.1 Å². The Labute approximate surface area is 109 Å². The van der Waals surface area contributed by atoms with Gasteiger partial charge < -0.3 is 15.2 Å². The molecule has 0 aliphatic carbocycles. The van der Waals surface area contributed by atoms with Crippen LogP contribution in [0.25, 0.3) is 0 Å². The van der Waals surface area contributed by atoms with Crippen LogP contribution in [0.2, 0.25) is 0 Å². The quantitative estimate of drug-likeness (QED) is 0.613. The second-order valence-electron chi connectivity index (χ2n) is 4.81. The van der Waals surface area contributed by atoms with Gasteiger partial charge in [0, 0.05) is 31.5 Å². The van der Waals surface area contributed by atoms with Gasteiger partial charge in [-0.1, -0.05) is 13.8 Å². The molecule has 2 N–H and O–H groups in total. The lowest BCUT2D eigenvalue weighted by atomic mass is 10.1. The zero-order valence-electron chi connectivity index (χ0n) is 11.4.